The summed E-state index contributed by atoms with van der Waals surface area (Å²) < 4.78 is 37.6. The van der Waals surface area contributed by atoms with E-state index < -0.39 is 27.6 Å². The third kappa shape index (κ3) is 6.58. The van der Waals surface area contributed by atoms with Crippen LogP contribution in [0.3, 0.4) is 0 Å². The molecule has 6 nitrogen and oxygen atoms in total. The van der Waals surface area contributed by atoms with Gasteiger partial charge in [0.05, 0.1) is 14.1 Å². The van der Waals surface area contributed by atoms with E-state index in [1.54, 1.807) is 27.9 Å². The Bertz CT molecular complexity index is 470. The molecule has 0 saturated heterocycles. The van der Waals surface area contributed by atoms with Gasteiger partial charge in [0.1, 0.15) is 11.8 Å². The SMILES string of the molecule is C=C(C)C(=O)OC(CCC)[N+](C)(C)CC(CC)S(=O)(=O)O. The molecule has 1 N–H and O–H groups in total. The van der Waals surface area contributed by atoms with Gasteiger partial charge in [-0.2, -0.15) is 8.42 Å². The zero-order valence-electron chi connectivity index (χ0n) is 13.6. The van der Waals surface area contributed by atoms with Crippen LogP contribution in [0.25, 0.3) is 0 Å². The Balaban J connectivity index is 5.18. The van der Waals surface area contributed by atoms with E-state index in [0.29, 0.717) is 18.4 Å². The molecule has 2 unspecified atom stereocenters. The largest absolute Gasteiger partial charge is 0.409 e. The summed E-state index contributed by atoms with van der Waals surface area (Å²) in [5, 5.41) is -0.879. The highest BCUT2D eigenvalue weighted by atomic mass is 32.2. The van der Waals surface area contributed by atoms with Crippen molar-refractivity contribution in [3.8, 4) is 0 Å². The molecule has 0 heterocycles. The molecule has 0 aliphatic carbocycles. The second kappa shape index (κ2) is 7.91. The fourth-order valence-corrected chi connectivity index (χ4v) is 3.09. The lowest BCUT2D eigenvalue weighted by molar-refractivity contribution is -0.934. The Morgan fingerprint density at radius 1 is 1.33 bits per heavy atom. The van der Waals surface area contributed by atoms with Crippen LogP contribution in [0.15, 0.2) is 12.2 Å². The zero-order valence-corrected chi connectivity index (χ0v) is 14.4. The van der Waals surface area contributed by atoms with Gasteiger partial charge < -0.3 is 4.74 Å². The average molecular weight is 322 g/mol. The van der Waals surface area contributed by atoms with Crippen LogP contribution in [0.5, 0.6) is 0 Å². The van der Waals surface area contributed by atoms with E-state index in [9.17, 15) is 17.8 Å². The van der Waals surface area contributed by atoms with Crippen molar-refractivity contribution >= 4 is 16.1 Å². The van der Waals surface area contributed by atoms with Crippen molar-refractivity contribution in [3.63, 3.8) is 0 Å². The number of esters is 1. The highest BCUT2D eigenvalue weighted by Gasteiger charge is 2.37. The number of carbonyl (C=O) groups is 1. The molecule has 0 aliphatic heterocycles. The predicted octanol–water partition coefficient (Wildman–Crippen LogP) is 1.97. The Hall–Kier alpha value is -0.920. The topological polar surface area (TPSA) is 80.7 Å². The van der Waals surface area contributed by atoms with Gasteiger partial charge in [-0.1, -0.05) is 20.4 Å². The molecule has 0 radical (unpaired) electrons. The maximum atomic E-state index is 11.7. The molecule has 0 saturated carbocycles. The predicted molar refractivity (Wildman–Crippen MR) is 82.2 cm³/mol. The number of rotatable bonds is 9. The molecule has 0 aromatic carbocycles. The second-order valence-electron chi connectivity index (χ2n) is 5.94. The zero-order chi connectivity index (χ0) is 16.8. The number of nitrogens with zero attached hydrogens (tertiary/aromatic N) is 1. The minimum absolute atomic E-state index is 0.170. The first-order valence-corrected chi connectivity index (χ1v) is 8.61. The van der Waals surface area contributed by atoms with E-state index in [-0.39, 0.29) is 11.0 Å². The van der Waals surface area contributed by atoms with Gasteiger partial charge in [-0.3, -0.25) is 9.04 Å². The number of quaternary nitrogens is 1. The minimum Gasteiger partial charge on any atom is -0.409 e. The van der Waals surface area contributed by atoms with E-state index in [2.05, 4.69) is 6.58 Å². The molecule has 124 valence electrons. The van der Waals surface area contributed by atoms with E-state index in [0.717, 1.165) is 6.42 Å². The van der Waals surface area contributed by atoms with Crippen LogP contribution in [0.2, 0.25) is 0 Å². The lowest BCUT2D eigenvalue weighted by atomic mass is 10.2. The summed E-state index contributed by atoms with van der Waals surface area (Å²) in [6.07, 6.45) is 1.22. The van der Waals surface area contributed by atoms with E-state index >= 15 is 0 Å². The third-order valence-corrected chi connectivity index (χ3v) is 4.78. The van der Waals surface area contributed by atoms with Crippen LogP contribution >= 0.6 is 0 Å². The van der Waals surface area contributed by atoms with Gasteiger partial charge in [0.15, 0.2) is 0 Å². The Kier molecular flexibility index (Phi) is 7.56. The van der Waals surface area contributed by atoms with Crippen LogP contribution in [-0.2, 0) is 19.6 Å². The van der Waals surface area contributed by atoms with Gasteiger partial charge in [0.25, 0.3) is 10.1 Å². The number of hydrogen-bond acceptors (Lipinski definition) is 4. The molecule has 7 heteroatoms. The van der Waals surface area contributed by atoms with Gasteiger partial charge in [0, 0.05) is 12.0 Å². The van der Waals surface area contributed by atoms with Crippen molar-refractivity contribution in [2.75, 3.05) is 20.6 Å². The van der Waals surface area contributed by atoms with E-state index in [1.807, 2.05) is 6.92 Å². The summed E-state index contributed by atoms with van der Waals surface area (Å²) in [5.74, 6) is -0.487. The molecular formula is C14H28NO5S+. The third-order valence-electron chi connectivity index (χ3n) is 3.46. The van der Waals surface area contributed by atoms with Gasteiger partial charge in [0.2, 0.25) is 6.23 Å². The molecular weight excluding hydrogens is 294 g/mol. The standard InChI is InChI=1S/C14H27NO5S/c1-7-9-13(20-14(16)11(3)4)15(5,6)10-12(8-2)21(17,18)19/h12-13H,3,7-10H2,1-2,4-6H3/p+1. The Morgan fingerprint density at radius 3 is 2.19 bits per heavy atom. The lowest BCUT2D eigenvalue weighted by Gasteiger charge is -2.38. The highest BCUT2D eigenvalue weighted by Crippen LogP contribution is 2.19. The van der Waals surface area contributed by atoms with Crippen LogP contribution in [0.1, 0.15) is 40.0 Å². The molecule has 0 bridgehead atoms. The van der Waals surface area contributed by atoms with Gasteiger partial charge in [-0.25, -0.2) is 4.79 Å². The second-order valence-corrected chi connectivity index (χ2v) is 7.63. The van der Waals surface area contributed by atoms with Crippen LogP contribution in [-0.4, -0.2) is 55.5 Å². The molecule has 21 heavy (non-hydrogen) atoms. The number of hydrogen-bond donors (Lipinski definition) is 1. The number of carbonyl (C=O) groups excluding carboxylic acids is 1. The molecule has 2 atom stereocenters. The number of ether oxygens (including phenoxy) is 1. The van der Waals surface area contributed by atoms with Gasteiger partial charge in [-0.15, -0.1) is 0 Å². The fourth-order valence-electron chi connectivity index (χ4n) is 2.10. The summed E-state index contributed by atoms with van der Waals surface area (Å²) in [4.78, 5) is 11.7. The summed E-state index contributed by atoms with van der Waals surface area (Å²) in [6, 6.07) is 0. The molecule has 0 rings (SSSR count). The van der Waals surface area contributed by atoms with Crippen molar-refractivity contribution in [3.05, 3.63) is 12.2 Å². The lowest BCUT2D eigenvalue weighted by Crippen LogP contribution is -2.55. The van der Waals surface area contributed by atoms with Crippen LogP contribution < -0.4 is 0 Å². The Morgan fingerprint density at radius 2 is 1.86 bits per heavy atom. The van der Waals surface area contributed by atoms with Gasteiger partial charge in [-0.05, 0) is 19.8 Å². The summed E-state index contributed by atoms with van der Waals surface area (Å²) in [5.41, 5.74) is 0.304. The van der Waals surface area contributed by atoms with E-state index in [1.165, 1.54) is 0 Å². The summed E-state index contributed by atoms with van der Waals surface area (Å²) in [7, 11) is -0.532. The first kappa shape index (κ1) is 20.1. The highest BCUT2D eigenvalue weighted by molar-refractivity contribution is 7.86. The first-order valence-electron chi connectivity index (χ1n) is 7.11. The molecule has 0 aromatic rings. The molecule has 0 fully saturated rings. The van der Waals surface area contributed by atoms with Crippen LogP contribution in [0, 0.1) is 0 Å². The maximum Gasteiger partial charge on any atom is 0.337 e. The van der Waals surface area contributed by atoms with Crippen molar-refractivity contribution < 1.29 is 27.0 Å². The van der Waals surface area contributed by atoms with Crippen molar-refractivity contribution in [1.29, 1.82) is 0 Å². The quantitative estimate of drug-likeness (QED) is 0.231. The normalized spacial score (nSPS) is 15.3. The summed E-state index contributed by atoms with van der Waals surface area (Å²) in [6.45, 7) is 8.95. The summed E-state index contributed by atoms with van der Waals surface area (Å²) >= 11 is 0. The fraction of sp³-hybridized carbons (Fsp3) is 0.786. The van der Waals surface area contributed by atoms with Gasteiger partial charge >= 0.3 is 5.97 Å². The molecule has 0 amide bonds. The first-order chi connectivity index (χ1) is 9.45. The molecule has 0 spiro atoms. The smallest absolute Gasteiger partial charge is 0.337 e. The average Bonchev–Trinajstić information content (AvgIpc) is 2.33. The monoisotopic (exact) mass is 322 g/mol. The Labute approximate surface area is 128 Å². The van der Waals surface area contributed by atoms with Crippen molar-refractivity contribution in [2.24, 2.45) is 0 Å². The van der Waals surface area contributed by atoms with Crippen molar-refractivity contribution in [1.82, 2.24) is 0 Å². The van der Waals surface area contributed by atoms with E-state index in [4.69, 9.17) is 4.74 Å². The molecule has 0 aromatic heterocycles. The van der Waals surface area contributed by atoms with Crippen LogP contribution in [0.4, 0.5) is 0 Å². The minimum atomic E-state index is -4.12. The van der Waals surface area contributed by atoms with Crippen molar-refractivity contribution in [2.45, 2.75) is 51.5 Å². The maximum absolute atomic E-state index is 11.7. The molecule has 0 aliphatic rings.